The Labute approximate surface area is 202 Å². The van der Waals surface area contributed by atoms with Crippen LogP contribution in [0.4, 0.5) is 5.69 Å². The average molecular weight is 530 g/mol. The summed E-state index contributed by atoms with van der Waals surface area (Å²) in [4.78, 5) is 12.7. The lowest BCUT2D eigenvalue weighted by Crippen LogP contribution is -2.39. The van der Waals surface area contributed by atoms with Crippen LogP contribution in [0.15, 0.2) is 87.3 Å². The summed E-state index contributed by atoms with van der Waals surface area (Å²) in [5, 5.41) is 3.96. The van der Waals surface area contributed by atoms with E-state index in [1.807, 2.05) is 38.1 Å². The number of hydrogen-bond acceptors (Lipinski definition) is 5. The predicted molar refractivity (Wildman–Crippen MR) is 133 cm³/mol. The molecular formula is C24H24BrN3O4S. The van der Waals surface area contributed by atoms with Gasteiger partial charge in [-0.25, -0.2) is 13.8 Å². The summed E-state index contributed by atoms with van der Waals surface area (Å²) >= 11 is 3.41. The second-order valence-corrected chi connectivity index (χ2v) is 9.78. The molecule has 0 fully saturated rings. The first-order chi connectivity index (χ1) is 15.8. The summed E-state index contributed by atoms with van der Waals surface area (Å²) in [7, 11) is -4.00. The standard InChI is InChI=1S/C24H24BrN3O4S/c1-3-32-21-12-10-20(11-13-21)28(33(30,31)22-14-8-18(2)9-15-22)17-24(29)27-26-16-19-6-4-5-7-23(19)25/h4-16H,3,17H2,1-2H3,(H,27,29)/b26-16+. The molecule has 3 aromatic carbocycles. The Morgan fingerprint density at radius 1 is 1.06 bits per heavy atom. The summed E-state index contributed by atoms with van der Waals surface area (Å²) in [5.74, 6) is 0.0271. The summed E-state index contributed by atoms with van der Waals surface area (Å²) in [6.45, 7) is 3.78. The first kappa shape index (κ1) is 24.5. The molecule has 0 radical (unpaired) electrons. The molecule has 9 heteroatoms. The molecule has 0 saturated carbocycles. The number of nitrogens with zero attached hydrogens (tertiary/aromatic N) is 2. The largest absolute Gasteiger partial charge is 0.494 e. The van der Waals surface area contributed by atoms with Gasteiger partial charge in [0.15, 0.2) is 0 Å². The monoisotopic (exact) mass is 529 g/mol. The van der Waals surface area contributed by atoms with E-state index in [9.17, 15) is 13.2 Å². The molecule has 0 aliphatic carbocycles. The smallest absolute Gasteiger partial charge is 0.264 e. The molecule has 7 nitrogen and oxygen atoms in total. The number of amides is 1. The number of sulfonamides is 1. The highest BCUT2D eigenvalue weighted by molar-refractivity contribution is 9.10. The van der Waals surface area contributed by atoms with Gasteiger partial charge in [-0.2, -0.15) is 5.10 Å². The van der Waals surface area contributed by atoms with Gasteiger partial charge in [0.2, 0.25) is 0 Å². The molecule has 172 valence electrons. The van der Waals surface area contributed by atoms with Crippen molar-refractivity contribution in [1.29, 1.82) is 0 Å². The molecule has 0 saturated heterocycles. The van der Waals surface area contributed by atoms with Gasteiger partial charge in [-0.3, -0.25) is 9.10 Å². The van der Waals surface area contributed by atoms with E-state index in [2.05, 4.69) is 26.5 Å². The minimum Gasteiger partial charge on any atom is -0.494 e. The van der Waals surface area contributed by atoms with Gasteiger partial charge in [0.1, 0.15) is 12.3 Å². The molecule has 0 aromatic heterocycles. The zero-order valence-electron chi connectivity index (χ0n) is 18.2. The van der Waals surface area contributed by atoms with E-state index in [0.717, 1.165) is 19.9 Å². The summed E-state index contributed by atoms with van der Waals surface area (Å²) in [5.41, 5.74) is 4.44. The Bertz CT molecular complexity index is 1230. The molecular weight excluding hydrogens is 506 g/mol. The van der Waals surface area contributed by atoms with Crippen LogP contribution in [-0.2, 0) is 14.8 Å². The van der Waals surface area contributed by atoms with Gasteiger partial charge in [0.25, 0.3) is 15.9 Å². The van der Waals surface area contributed by atoms with Crippen LogP contribution in [0.2, 0.25) is 0 Å². The third-order valence-electron chi connectivity index (χ3n) is 4.63. The number of benzene rings is 3. The van der Waals surface area contributed by atoms with Crippen molar-refractivity contribution in [2.24, 2.45) is 5.10 Å². The van der Waals surface area contributed by atoms with Crippen LogP contribution in [0.3, 0.4) is 0 Å². The SMILES string of the molecule is CCOc1ccc(N(CC(=O)N/N=C/c2ccccc2Br)S(=O)(=O)c2ccc(C)cc2)cc1. The topological polar surface area (TPSA) is 88.1 Å². The lowest BCUT2D eigenvalue weighted by molar-refractivity contribution is -0.119. The van der Waals surface area contributed by atoms with Crippen molar-refractivity contribution in [1.82, 2.24) is 5.43 Å². The van der Waals surface area contributed by atoms with E-state index in [1.165, 1.54) is 18.3 Å². The van der Waals surface area contributed by atoms with E-state index >= 15 is 0 Å². The average Bonchev–Trinajstić information content (AvgIpc) is 2.80. The van der Waals surface area contributed by atoms with Crippen LogP contribution in [0.25, 0.3) is 0 Å². The molecule has 1 amide bonds. The van der Waals surface area contributed by atoms with E-state index < -0.39 is 22.5 Å². The molecule has 0 spiro atoms. The van der Waals surface area contributed by atoms with Gasteiger partial charge in [-0.15, -0.1) is 0 Å². The highest BCUT2D eigenvalue weighted by Gasteiger charge is 2.27. The Hall–Kier alpha value is -3.17. The number of ether oxygens (including phenoxy) is 1. The number of hydrazone groups is 1. The number of anilines is 1. The Morgan fingerprint density at radius 3 is 2.36 bits per heavy atom. The van der Waals surface area contributed by atoms with Crippen LogP contribution in [-0.4, -0.2) is 33.7 Å². The number of rotatable bonds is 9. The maximum atomic E-state index is 13.4. The van der Waals surface area contributed by atoms with E-state index in [1.54, 1.807) is 36.4 Å². The fourth-order valence-electron chi connectivity index (χ4n) is 2.95. The van der Waals surface area contributed by atoms with Crippen molar-refractivity contribution < 1.29 is 17.9 Å². The quantitative estimate of drug-likeness (QED) is 0.326. The second kappa shape index (κ2) is 11.1. The van der Waals surface area contributed by atoms with Crippen molar-refractivity contribution in [2.75, 3.05) is 17.5 Å². The van der Waals surface area contributed by atoms with Crippen molar-refractivity contribution >= 4 is 43.8 Å². The van der Waals surface area contributed by atoms with Crippen LogP contribution >= 0.6 is 15.9 Å². The Balaban J connectivity index is 1.85. The van der Waals surface area contributed by atoms with Crippen molar-refractivity contribution in [2.45, 2.75) is 18.7 Å². The molecule has 0 heterocycles. The van der Waals surface area contributed by atoms with E-state index in [-0.39, 0.29) is 4.90 Å². The van der Waals surface area contributed by atoms with E-state index in [4.69, 9.17) is 4.74 Å². The molecule has 1 N–H and O–H groups in total. The zero-order valence-corrected chi connectivity index (χ0v) is 20.6. The Morgan fingerprint density at radius 2 is 1.73 bits per heavy atom. The maximum absolute atomic E-state index is 13.4. The summed E-state index contributed by atoms with van der Waals surface area (Å²) in [6, 6.07) is 20.4. The van der Waals surface area contributed by atoms with Crippen LogP contribution < -0.4 is 14.5 Å². The summed E-state index contributed by atoms with van der Waals surface area (Å²) < 4.78 is 34.1. The fourth-order valence-corrected chi connectivity index (χ4v) is 4.76. The van der Waals surface area contributed by atoms with Crippen LogP contribution in [0.5, 0.6) is 5.75 Å². The van der Waals surface area contributed by atoms with Gasteiger partial charge >= 0.3 is 0 Å². The number of hydrogen-bond donors (Lipinski definition) is 1. The number of nitrogens with one attached hydrogen (secondary N) is 1. The van der Waals surface area contributed by atoms with Gasteiger partial charge in [0.05, 0.1) is 23.4 Å². The van der Waals surface area contributed by atoms with E-state index in [0.29, 0.717) is 18.0 Å². The van der Waals surface area contributed by atoms with Crippen molar-refractivity contribution in [3.63, 3.8) is 0 Å². The third kappa shape index (κ3) is 6.43. The number of aryl methyl sites for hydroxylation is 1. The van der Waals surface area contributed by atoms with Crippen molar-refractivity contribution in [3.8, 4) is 5.75 Å². The predicted octanol–water partition coefficient (Wildman–Crippen LogP) is 4.50. The Kier molecular flexibility index (Phi) is 8.24. The molecule has 3 rings (SSSR count). The molecule has 0 bridgehead atoms. The highest BCUT2D eigenvalue weighted by atomic mass is 79.9. The minimum absolute atomic E-state index is 0.0894. The van der Waals surface area contributed by atoms with Crippen LogP contribution in [0, 0.1) is 6.92 Å². The highest BCUT2D eigenvalue weighted by Crippen LogP contribution is 2.26. The van der Waals surface area contributed by atoms with Gasteiger partial charge in [-0.1, -0.05) is 51.8 Å². The third-order valence-corrected chi connectivity index (χ3v) is 7.14. The second-order valence-electron chi connectivity index (χ2n) is 7.07. The maximum Gasteiger partial charge on any atom is 0.264 e. The first-order valence-corrected chi connectivity index (χ1v) is 12.4. The van der Waals surface area contributed by atoms with Gasteiger partial charge < -0.3 is 4.74 Å². The minimum atomic E-state index is -4.00. The molecule has 0 unspecified atom stereocenters. The molecule has 33 heavy (non-hydrogen) atoms. The van der Waals surface area contributed by atoms with Crippen molar-refractivity contribution in [3.05, 3.63) is 88.4 Å². The van der Waals surface area contributed by atoms with Gasteiger partial charge in [-0.05, 0) is 56.3 Å². The van der Waals surface area contributed by atoms with Gasteiger partial charge in [0, 0.05) is 10.0 Å². The fraction of sp³-hybridized carbons (Fsp3) is 0.167. The number of carbonyl (C=O) groups is 1. The van der Waals surface area contributed by atoms with Crippen LogP contribution in [0.1, 0.15) is 18.1 Å². The summed E-state index contributed by atoms with van der Waals surface area (Å²) in [6.07, 6.45) is 1.48. The zero-order chi connectivity index (χ0) is 23.8. The molecule has 0 aliphatic heterocycles. The molecule has 3 aromatic rings. The number of carbonyl (C=O) groups excluding carboxylic acids is 1. The first-order valence-electron chi connectivity index (χ1n) is 10.2. The lowest BCUT2D eigenvalue weighted by Gasteiger charge is -2.24. The lowest BCUT2D eigenvalue weighted by atomic mass is 10.2. The molecule has 0 aliphatic rings. The number of halogens is 1. The molecule has 0 atom stereocenters. The normalized spacial score (nSPS) is 11.4.